The van der Waals surface area contributed by atoms with E-state index in [9.17, 15) is 19.2 Å². The highest BCUT2D eigenvalue weighted by atomic mass is 16.5. The Morgan fingerprint density at radius 3 is 1.71 bits per heavy atom. The Kier molecular flexibility index (Phi) is 9.90. The van der Waals surface area contributed by atoms with E-state index >= 15 is 0 Å². The monoisotopic (exact) mass is 559 g/mol. The van der Waals surface area contributed by atoms with E-state index in [0.717, 1.165) is 5.56 Å². The van der Waals surface area contributed by atoms with Crippen molar-refractivity contribution in [1.29, 1.82) is 0 Å². The van der Waals surface area contributed by atoms with Crippen LogP contribution in [-0.2, 0) is 24.6 Å². The van der Waals surface area contributed by atoms with Crippen molar-refractivity contribution in [1.82, 2.24) is 0 Å². The molecule has 41 heavy (non-hydrogen) atoms. The van der Waals surface area contributed by atoms with Gasteiger partial charge in [0, 0.05) is 29.5 Å². The first-order valence-corrected chi connectivity index (χ1v) is 14.7. The summed E-state index contributed by atoms with van der Waals surface area (Å²) in [5.74, 6) is -0.161. The number of nitrogens with zero attached hydrogens (tertiary/aromatic N) is 1. The molecule has 0 spiro atoms. The molecule has 0 heterocycles. The van der Waals surface area contributed by atoms with Gasteiger partial charge in [-0.2, -0.15) is 0 Å². The average Bonchev–Trinajstić information content (AvgIpc) is 2.97. The van der Waals surface area contributed by atoms with E-state index in [0.29, 0.717) is 68.6 Å². The molecule has 0 aliphatic heterocycles. The quantitative estimate of drug-likeness (QED) is 0.187. The molecule has 0 aromatic heterocycles. The molecule has 4 rings (SSSR count). The van der Waals surface area contributed by atoms with Gasteiger partial charge in [0.15, 0.2) is 5.75 Å². The summed E-state index contributed by atoms with van der Waals surface area (Å²) in [5, 5.41) is 0. The molecule has 7 nitrogen and oxygen atoms in total. The van der Waals surface area contributed by atoms with Crippen LogP contribution in [0.4, 0.5) is 5.69 Å². The standard InChI is InChI=1S/C34H41NO6/c1-22(36)24-10-14-26(15-11-24)32(38)40-29-18-19-31(41-33(39)27-16-12-25(13-17-27)23(2)37)30(20-29)35-21-34(3,4)28-8-6-5-7-9-28/h5-9,18-21,24-27H,10-17H2,1-4H3. The van der Waals surface area contributed by atoms with Gasteiger partial charge in [0.2, 0.25) is 0 Å². The smallest absolute Gasteiger partial charge is 0.314 e. The SMILES string of the molecule is CC(=O)C1CCC(C(=O)Oc2ccc(OC(=O)C3CCC(C(C)=O)CC3)c(N=CC(C)(C)c3ccccc3)c2)CC1. The van der Waals surface area contributed by atoms with Crippen molar-refractivity contribution in [3.63, 3.8) is 0 Å². The normalized spacial score (nSPS) is 23.1. The van der Waals surface area contributed by atoms with Crippen molar-refractivity contribution in [2.75, 3.05) is 0 Å². The minimum absolute atomic E-state index is 0.0194. The van der Waals surface area contributed by atoms with Gasteiger partial charge in [-0.3, -0.25) is 24.2 Å². The van der Waals surface area contributed by atoms with Gasteiger partial charge in [0.05, 0.1) is 11.8 Å². The lowest BCUT2D eigenvalue weighted by molar-refractivity contribution is -0.141. The Labute approximate surface area is 242 Å². The Morgan fingerprint density at radius 2 is 1.20 bits per heavy atom. The van der Waals surface area contributed by atoms with Gasteiger partial charge in [0.25, 0.3) is 0 Å². The zero-order valence-corrected chi connectivity index (χ0v) is 24.6. The summed E-state index contributed by atoms with van der Waals surface area (Å²) >= 11 is 0. The third kappa shape index (κ3) is 7.99. The highest BCUT2D eigenvalue weighted by molar-refractivity contribution is 5.82. The van der Waals surface area contributed by atoms with E-state index in [1.807, 2.05) is 50.4 Å². The van der Waals surface area contributed by atoms with E-state index in [-0.39, 0.29) is 47.2 Å². The van der Waals surface area contributed by atoms with Crippen LogP contribution < -0.4 is 9.47 Å². The molecular weight excluding hydrogens is 518 g/mol. The fraction of sp³-hybridized carbons (Fsp3) is 0.500. The molecule has 2 fully saturated rings. The van der Waals surface area contributed by atoms with E-state index in [1.165, 1.54) is 0 Å². The van der Waals surface area contributed by atoms with Gasteiger partial charge in [-0.25, -0.2) is 0 Å². The first kappa shape index (κ1) is 30.4. The number of ether oxygens (including phenoxy) is 2. The lowest BCUT2D eigenvalue weighted by atomic mass is 9.80. The van der Waals surface area contributed by atoms with Gasteiger partial charge in [-0.05, 0) is 82.9 Å². The molecule has 2 aromatic carbocycles. The fourth-order valence-corrected chi connectivity index (χ4v) is 5.78. The molecule has 7 heteroatoms. The predicted molar refractivity (Wildman–Crippen MR) is 158 cm³/mol. The van der Waals surface area contributed by atoms with Crippen LogP contribution in [-0.4, -0.2) is 29.7 Å². The van der Waals surface area contributed by atoms with Crippen molar-refractivity contribution >= 4 is 35.4 Å². The number of rotatable bonds is 9. The van der Waals surface area contributed by atoms with Crippen LogP contribution in [0, 0.1) is 23.7 Å². The number of carbonyl (C=O) groups excluding carboxylic acids is 4. The summed E-state index contributed by atoms with van der Waals surface area (Å²) < 4.78 is 11.6. The van der Waals surface area contributed by atoms with E-state index < -0.39 is 5.41 Å². The van der Waals surface area contributed by atoms with E-state index in [4.69, 9.17) is 14.5 Å². The average molecular weight is 560 g/mol. The topological polar surface area (TPSA) is 99.1 Å². The molecule has 0 bridgehead atoms. The largest absolute Gasteiger partial charge is 0.426 e. The summed E-state index contributed by atoms with van der Waals surface area (Å²) in [7, 11) is 0. The summed E-state index contributed by atoms with van der Waals surface area (Å²) in [6.07, 6.45) is 7.06. The molecular formula is C34H41NO6. The molecule has 2 aliphatic rings. The summed E-state index contributed by atoms with van der Waals surface area (Å²) in [4.78, 5) is 54.2. The van der Waals surface area contributed by atoms with Crippen LogP contribution >= 0.6 is 0 Å². The highest BCUT2D eigenvalue weighted by Crippen LogP contribution is 2.37. The molecule has 0 atom stereocenters. The van der Waals surface area contributed by atoms with Crippen LogP contribution in [0.5, 0.6) is 11.5 Å². The maximum absolute atomic E-state index is 13.1. The molecule has 0 radical (unpaired) electrons. The Bertz CT molecular complexity index is 1280. The highest BCUT2D eigenvalue weighted by Gasteiger charge is 2.31. The van der Waals surface area contributed by atoms with Crippen LogP contribution in [0.15, 0.2) is 53.5 Å². The molecule has 2 aromatic rings. The predicted octanol–water partition coefficient (Wildman–Crippen LogP) is 6.97. The number of esters is 2. The van der Waals surface area contributed by atoms with Gasteiger partial charge in [-0.15, -0.1) is 0 Å². The Morgan fingerprint density at radius 1 is 0.707 bits per heavy atom. The second-order valence-electron chi connectivity index (χ2n) is 12.1. The summed E-state index contributed by atoms with van der Waals surface area (Å²) in [5.41, 5.74) is 1.06. The number of ketones is 2. The Hall–Kier alpha value is -3.61. The van der Waals surface area contributed by atoms with Crippen LogP contribution in [0.25, 0.3) is 0 Å². The second-order valence-corrected chi connectivity index (χ2v) is 12.1. The molecule has 218 valence electrons. The van der Waals surface area contributed by atoms with Crippen molar-refractivity contribution in [3.05, 3.63) is 54.1 Å². The third-order valence-electron chi connectivity index (χ3n) is 8.67. The van der Waals surface area contributed by atoms with Gasteiger partial charge < -0.3 is 9.47 Å². The number of aliphatic imine (C=N–C) groups is 1. The molecule has 2 aliphatic carbocycles. The first-order valence-electron chi connectivity index (χ1n) is 14.7. The number of hydrogen-bond donors (Lipinski definition) is 0. The minimum Gasteiger partial charge on any atom is -0.426 e. The van der Waals surface area contributed by atoms with Gasteiger partial charge in [0.1, 0.15) is 23.0 Å². The Balaban J connectivity index is 1.52. The minimum atomic E-state index is -0.407. The van der Waals surface area contributed by atoms with E-state index in [2.05, 4.69) is 0 Å². The van der Waals surface area contributed by atoms with Crippen LogP contribution in [0.1, 0.15) is 84.6 Å². The maximum atomic E-state index is 13.1. The lowest BCUT2D eigenvalue weighted by Gasteiger charge is -2.26. The summed E-state index contributed by atoms with van der Waals surface area (Å²) in [6, 6.07) is 14.8. The third-order valence-corrected chi connectivity index (χ3v) is 8.67. The van der Waals surface area contributed by atoms with Gasteiger partial charge >= 0.3 is 11.9 Å². The summed E-state index contributed by atoms with van der Waals surface area (Å²) in [6.45, 7) is 7.31. The van der Waals surface area contributed by atoms with Crippen molar-refractivity contribution < 1.29 is 28.7 Å². The zero-order chi connectivity index (χ0) is 29.6. The van der Waals surface area contributed by atoms with E-state index in [1.54, 1.807) is 32.0 Å². The number of hydrogen-bond acceptors (Lipinski definition) is 7. The van der Waals surface area contributed by atoms with Crippen molar-refractivity contribution in [2.45, 2.75) is 84.5 Å². The zero-order valence-electron chi connectivity index (χ0n) is 24.6. The molecule has 0 unspecified atom stereocenters. The van der Waals surface area contributed by atoms with Crippen molar-refractivity contribution in [2.24, 2.45) is 28.7 Å². The molecule has 0 N–H and O–H groups in total. The van der Waals surface area contributed by atoms with Crippen molar-refractivity contribution in [3.8, 4) is 11.5 Å². The van der Waals surface area contributed by atoms with Gasteiger partial charge in [-0.1, -0.05) is 44.2 Å². The lowest BCUT2D eigenvalue weighted by Crippen LogP contribution is -2.28. The van der Waals surface area contributed by atoms with Crippen LogP contribution in [0.3, 0.4) is 0 Å². The molecule has 2 saturated carbocycles. The number of Topliss-reactive ketones (excluding diaryl/α,β-unsaturated/α-hetero) is 2. The fourth-order valence-electron chi connectivity index (χ4n) is 5.78. The molecule has 0 amide bonds. The molecule has 0 saturated heterocycles. The maximum Gasteiger partial charge on any atom is 0.314 e. The number of carbonyl (C=O) groups is 4. The second kappa shape index (κ2) is 13.4. The number of benzene rings is 2. The first-order chi connectivity index (χ1) is 19.5. The van der Waals surface area contributed by atoms with Crippen LogP contribution in [0.2, 0.25) is 0 Å².